The number of carboxylic acids is 1. The van der Waals surface area contributed by atoms with Crippen molar-refractivity contribution in [3.63, 3.8) is 0 Å². The third-order valence-corrected chi connectivity index (χ3v) is 3.19. The van der Waals surface area contributed by atoms with E-state index in [1.165, 1.54) is 13.0 Å². The number of alkyl halides is 3. The fraction of sp³-hybridized carbons (Fsp3) is 0.583. The molecular formula is C12H14F3N3O2. The highest BCUT2D eigenvalue weighted by atomic mass is 19.4. The van der Waals surface area contributed by atoms with Crippen LogP contribution in [0.4, 0.5) is 19.0 Å². The van der Waals surface area contributed by atoms with E-state index in [4.69, 9.17) is 5.11 Å². The maximum absolute atomic E-state index is 12.7. The Balaban J connectivity index is 2.28. The van der Waals surface area contributed by atoms with Gasteiger partial charge in [-0.3, -0.25) is 4.79 Å². The lowest BCUT2D eigenvalue weighted by atomic mass is 9.98. The van der Waals surface area contributed by atoms with E-state index in [1.54, 1.807) is 4.90 Å². The molecule has 0 bridgehead atoms. The number of carbonyl (C=O) groups is 1. The molecule has 5 nitrogen and oxygen atoms in total. The molecule has 2 rings (SSSR count). The molecule has 110 valence electrons. The van der Waals surface area contributed by atoms with E-state index in [0.29, 0.717) is 19.4 Å². The van der Waals surface area contributed by atoms with Gasteiger partial charge in [-0.2, -0.15) is 13.2 Å². The zero-order valence-corrected chi connectivity index (χ0v) is 10.8. The first-order chi connectivity index (χ1) is 9.27. The topological polar surface area (TPSA) is 66.3 Å². The number of aromatic nitrogens is 2. The minimum atomic E-state index is -4.61. The number of aryl methyl sites for hydroxylation is 1. The Morgan fingerprint density at radius 3 is 2.75 bits per heavy atom. The number of carboxylic acid groups (broad SMARTS) is 1. The summed E-state index contributed by atoms with van der Waals surface area (Å²) < 4.78 is 38.0. The second-order valence-corrected chi connectivity index (χ2v) is 4.81. The van der Waals surface area contributed by atoms with E-state index in [0.717, 1.165) is 0 Å². The lowest BCUT2D eigenvalue weighted by Crippen LogP contribution is -2.39. The first-order valence-corrected chi connectivity index (χ1v) is 6.18. The average molecular weight is 289 g/mol. The van der Waals surface area contributed by atoms with Crippen LogP contribution in [0.25, 0.3) is 0 Å². The van der Waals surface area contributed by atoms with Crippen molar-refractivity contribution in [1.29, 1.82) is 0 Å². The molecule has 8 heteroatoms. The first-order valence-electron chi connectivity index (χ1n) is 6.18. The highest BCUT2D eigenvalue weighted by Gasteiger charge is 2.36. The molecule has 1 aromatic rings. The van der Waals surface area contributed by atoms with Crippen LogP contribution in [-0.4, -0.2) is 34.1 Å². The van der Waals surface area contributed by atoms with Gasteiger partial charge in [0.15, 0.2) is 0 Å². The van der Waals surface area contributed by atoms with Crippen LogP contribution in [0.3, 0.4) is 0 Å². The number of hydrogen-bond acceptors (Lipinski definition) is 4. The van der Waals surface area contributed by atoms with Gasteiger partial charge >= 0.3 is 12.1 Å². The molecule has 0 unspecified atom stereocenters. The Labute approximate surface area is 113 Å². The van der Waals surface area contributed by atoms with Crippen LogP contribution in [0.15, 0.2) is 6.07 Å². The number of anilines is 1. The highest BCUT2D eigenvalue weighted by Crippen LogP contribution is 2.29. The van der Waals surface area contributed by atoms with Crippen molar-refractivity contribution in [3.8, 4) is 0 Å². The van der Waals surface area contributed by atoms with Crippen molar-refractivity contribution in [1.82, 2.24) is 9.97 Å². The van der Waals surface area contributed by atoms with Crippen molar-refractivity contribution < 1.29 is 23.1 Å². The molecule has 1 aliphatic heterocycles. The monoisotopic (exact) mass is 289 g/mol. The highest BCUT2D eigenvalue weighted by molar-refractivity contribution is 5.71. The third kappa shape index (κ3) is 3.17. The molecule has 1 N–H and O–H groups in total. The second kappa shape index (κ2) is 5.26. The molecule has 1 atom stereocenters. The van der Waals surface area contributed by atoms with Crippen LogP contribution in [0.2, 0.25) is 0 Å². The number of nitrogens with zero attached hydrogens (tertiary/aromatic N) is 3. The summed E-state index contributed by atoms with van der Waals surface area (Å²) in [4.78, 5) is 19.5. The fourth-order valence-electron chi connectivity index (χ4n) is 2.23. The SMILES string of the molecule is Cc1cc(N2CCC[C@@H](C(=O)O)C2)nc(C(F)(F)F)n1. The van der Waals surface area contributed by atoms with Crippen LogP contribution in [0.1, 0.15) is 24.4 Å². The number of aliphatic carboxylic acids is 1. The lowest BCUT2D eigenvalue weighted by Gasteiger charge is -2.31. The maximum Gasteiger partial charge on any atom is 0.451 e. The summed E-state index contributed by atoms with van der Waals surface area (Å²) in [5, 5.41) is 9.00. The smallest absolute Gasteiger partial charge is 0.451 e. The molecule has 2 heterocycles. The van der Waals surface area contributed by atoms with E-state index < -0.39 is 23.9 Å². The maximum atomic E-state index is 12.7. The van der Waals surface area contributed by atoms with Gasteiger partial charge in [0.05, 0.1) is 5.92 Å². The number of hydrogen-bond donors (Lipinski definition) is 1. The molecular weight excluding hydrogens is 275 g/mol. The van der Waals surface area contributed by atoms with Gasteiger partial charge in [-0.15, -0.1) is 0 Å². The van der Waals surface area contributed by atoms with Crippen molar-refractivity contribution in [2.75, 3.05) is 18.0 Å². The van der Waals surface area contributed by atoms with Crippen LogP contribution >= 0.6 is 0 Å². The minimum Gasteiger partial charge on any atom is -0.481 e. The summed E-state index contributed by atoms with van der Waals surface area (Å²) in [6, 6.07) is 1.44. The Kier molecular flexibility index (Phi) is 3.82. The normalized spacial score (nSPS) is 20.0. The number of piperidine rings is 1. The van der Waals surface area contributed by atoms with E-state index in [9.17, 15) is 18.0 Å². The number of halogens is 3. The Morgan fingerprint density at radius 1 is 1.45 bits per heavy atom. The van der Waals surface area contributed by atoms with Gasteiger partial charge in [0, 0.05) is 24.8 Å². The van der Waals surface area contributed by atoms with E-state index in [1.807, 2.05) is 0 Å². The molecule has 1 fully saturated rings. The van der Waals surface area contributed by atoms with Crippen LogP contribution in [0.5, 0.6) is 0 Å². The van der Waals surface area contributed by atoms with Gasteiger partial charge in [0.25, 0.3) is 0 Å². The molecule has 1 saturated heterocycles. The minimum absolute atomic E-state index is 0.135. The molecule has 0 saturated carbocycles. The Hall–Kier alpha value is -1.86. The van der Waals surface area contributed by atoms with Crippen LogP contribution < -0.4 is 4.90 Å². The molecule has 1 aromatic heterocycles. The quantitative estimate of drug-likeness (QED) is 0.903. The van der Waals surface area contributed by atoms with Crippen molar-refractivity contribution in [3.05, 3.63) is 17.6 Å². The average Bonchev–Trinajstić information content (AvgIpc) is 2.37. The van der Waals surface area contributed by atoms with Crippen LogP contribution in [-0.2, 0) is 11.0 Å². The number of rotatable bonds is 2. The van der Waals surface area contributed by atoms with Crippen molar-refractivity contribution in [2.24, 2.45) is 5.92 Å². The fourth-order valence-corrected chi connectivity index (χ4v) is 2.23. The van der Waals surface area contributed by atoms with Crippen molar-refractivity contribution >= 4 is 11.8 Å². The molecule has 0 aliphatic carbocycles. The van der Waals surface area contributed by atoms with Gasteiger partial charge in [0.1, 0.15) is 5.82 Å². The molecule has 0 spiro atoms. The first kappa shape index (κ1) is 14.5. The lowest BCUT2D eigenvalue weighted by molar-refractivity contribution is -0.145. The summed E-state index contributed by atoms with van der Waals surface area (Å²) in [6.45, 7) is 2.12. The molecule has 0 radical (unpaired) electrons. The van der Waals surface area contributed by atoms with E-state index in [2.05, 4.69) is 9.97 Å². The standard InChI is InChI=1S/C12H14F3N3O2/c1-7-5-9(17-11(16-7)12(13,14)15)18-4-2-3-8(6-18)10(19)20/h5,8H,2-4,6H2,1H3,(H,19,20)/t8-/m1/s1. The molecule has 0 aromatic carbocycles. The largest absolute Gasteiger partial charge is 0.481 e. The summed E-state index contributed by atoms with van der Waals surface area (Å²) in [5.41, 5.74) is 0.208. The summed E-state index contributed by atoms with van der Waals surface area (Å²) >= 11 is 0. The summed E-state index contributed by atoms with van der Waals surface area (Å²) in [6.07, 6.45) is -3.47. The van der Waals surface area contributed by atoms with Gasteiger partial charge in [-0.1, -0.05) is 0 Å². The predicted molar refractivity (Wildman–Crippen MR) is 64.3 cm³/mol. The summed E-state index contributed by atoms with van der Waals surface area (Å²) in [7, 11) is 0. The molecule has 0 amide bonds. The van der Waals surface area contributed by atoms with Gasteiger partial charge in [-0.25, -0.2) is 9.97 Å². The molecule has 1 aliphatic rings. The third-order valence-electron chi connectivity index (χ3n) is 3.19. The van der Waals surface area contributed by atoms with E-state index in [-0.39, 0.29) is 18.1 Å². The van der Waals surface area contributed by atoms with Gasteiger partial charge in [-0.05, 0) is 19.8 Å². The van der Waals surface area contributed by atoms with Gasteiger partial charge < -0.3 is 10.0 Å². The van der Waals surface area contributed by atoms with Gasteiger partial charge in [0.2, 0.25) is 5.82 Å². The molecule has 20 heavy (non-hydrogen) atoms. The second-order valence-electron chi connectivity index (χ2n) is 4.81. The summed E-state index contributed by atoms with van der Waals surface area (Å²) in [5.74, 6) is -2.56. The zero-order chi connectivity index (χ0) is 14.9. The predicted octanol–water partition coefficient (Wildman–Crippen LogP) is 2.10. The zero-order valence-electron chi connectivity index (χ0n) is 10.8. The van der Waals surface area contributed by atoms with E-state index >= 15 is 0 Å². The Bertz CT molecular complexity index is 519. The Morgan fingerprint density at radius 2 is 2.15 bits per heavy atom. The van der Waals surface area contributed by atoms with Crippen LogP contribution in [0, 0.1) is 12.8 Å². The van der Waals surface area contributed by atoms with Crippen molar-refractivity contribution in [2.45, 2.75) is 25.9 Å².